The Hall–Kier alpha value is -6.92. The summed E-state index contributed by atoms with van der Waals surface area (Å²) in [5, 5.41) is 22.4. The molecule has 4 amide bonds. The molecule has 0 aliphatic carbocycles. The molecule has 5 aromatic rings. The van der Waals surface area contributed by atoms with Gasteiger partial charge in [-0.2, -0.15) is 0 Å². The highest BCUT2D eigenvalue weighted by molar-refractivity contribution is 7.85. The summed E-state index contributed by atoms with van der Waals surface area (Å²) in [6, 6.07) is 22.9. The lowest BCUT2D eigenvalue weighted by molar-refractivity contribution is -0.141. The van der Waals surface area contributed by atoms with E-state index >= 15 is 0 Å². The fraction of sp³-hybridized carbons (Fsp3) is 0.326. The summed E-state index contributed by atoms with van der Waals surface area (Å²) in [6.45, 7) is 9.41. The van der Waals surface area contributed by atoms with Crippen LogP contribution in [0.25, 0.3) is 10.8 Å². The van der Waals surface area contributed by atoms with Gasteiger partial charge in [0.1, 0.15) is 34.1 Å². The quantitative estimate of drug-likeness (QED) is 0.0548. The van der Waals surface area contributed by atoms with E-state index in [1.807, 2.05) is 57.2 Å². The Balaban J connectivity index is 1.08. The van der Waals surface area contributed by atoms with Crippen LogP contribution in [0.15, 0.2) is 85.1 Å². The first kappa shape index (κ1) is 46.6. The van der Waals surface area contributed by atoms with Crippen molar-refractivity contribution in [1.82, 2.24) is 20.1 Å². The number of carboxylic acid groups (broad SMARTS) is 1. The van der Waals surface area contributed by atoms with E-state index in [4.69, 9.17) is 19.3 Å². The van der Waals surface area contributed by atoms with E-state index < -0.39 is 23.0 Å². The van der Waals surface area contributed by atoms with E-state index in [0.29, 0.717) is 96.4 Å². The predicted molar refractivity (Wildman–Crippen MR) is 249 cm³/mol. The molecule has 1 aromatic heterocycles. The van der Waals surface area contributed by atoms with E-state index in [9.17, 15) is 23.4 Å². The van der Waals surface area contributed by atoms with Crippen LogP contribution in [0.3, 0.4) is 0 Å². The Bertz CT molecular complexity index is 2540. The number of methoxy groups -OCH3 is 2. The molecule has 6 N–H and O–H groups in total. The number of urea groups is 1. The lowest BCUT2D eigenvalue weighted by Gasteiger charge is -2.34. The average molecular weight is 895 g/mol. The molecule has 0 spiro atoms. The highest BCUT2D eigenvalue weighted by Crippen LogP contribution is 2.40. The number of carbonyl (C=O) groups is 4. The number of carboxylic acids is 1. The zero-order valence-corrected chi connectivity index (χ0v) is 37.5. The molecule has 1 atom stereocenters. The molecule has 6 rings (SSSR count). The lowest BCUT2D eigenvalue weighted by atomic mass is 9.86. The van der Waals surface area contributed by atoms with Crippen molar-refractivity contribution < 1.29 is 42.7 Å². The molecule has 4 aromatic carbocycles. The normalized spacial score (nSPS) is 13.4. The van der Waals surface area contributed by atoms with E-state index in [1.54, 1.807) is 53.6 Å². The van der Waals surface area contributed by atoms with Gasteiger partial charge in [0.2, 0.25) is 5.91 Å². The van der Waals surface area contributed by atoms with Crippen molar-refractivity contribution in [3.05, 3.63) is 96.2 Å². The Morgan fingerprint density at radius 2 is 1.53 bits per heavy atom. The number of aromatic nitrogens is 1. The van der Waals surface area contributed by atoms with Crippen LogP contribution in [0.5, 0.6) is 23.0 Å². The third kappa shape index (κ3) is 12.2. The largest absolute Gasteiger partial charge is 0.496 e. The molecule has 1 saturated heterocycles. The summed E-state index contributed by atoms with van der Waals surface area (Å²) in [6.07, 6.45) is 2.95. The van der Waals surface area contributed by atoms with Gasteiger partial charge in [0.05, 0.1) is 43.3 Å². The highest BCUT2D eigenvalue weighted by atomic mass is 32.2. The van der Waals surface area contributed by atoms with E-state index in [1.165, 1.54) is 20.5 Å². The number of piperazine rings is 1. The summed E-state index contributed by atoms with van der Waals surface area (Å²) in [5.41, 5.74) is 3.07. The van der Waals surface area contributed by atoms with Crippen molar-refractivity contribution in [3.8, 4) is 23.0 Å². The van der Waals surface area contributed by atoms with Crippen LogP contribution in [0.4, 0.5) is 33.4 Å². The number of aliphatic carboxylic acids is 1. The minimum absolute atomic E-state index is 0.00533. The van der Waals surface area contributed by atoms with E-state index in [2.05, 4.69) is 35.9 Å². The molecule has 17 nitrogen and oxygen atoms in total. The molecule has 0 bridgehead atoms. The van der Waals surface area contributed by atoms with Crippen molar-refractivity contribution in [1.29, 1.82) is 0 Å². The third-order valence-electron chi connectivity index (χ3n) is 10.5. The number of amides is 4. The number of benzene rings is 4. The number of hydrogen-bond donors (Lipinski definition) is 6. The third-order valence-corrected chi connectivity index (χ3v) is 11.0. The maximum absolute atomic E-state index is 13.5. The molecule has 0 radical (unpaired) electrons. The second-order valence-corrected chi connectivity index (χ2v) is 17.2. The molecule has 0 saturated carbocycles. The average Bonchev–Trinajstić information content (AvgIpc) is 3.26. The Morgan fingerprint density at radius 1 is 0.812 bits per heavy atom. The van der Waals surface area contributed by atoms with Crippen molar-refractivity contribution in [3.63, 3.8) is 0 Å². The van der Waals surface area contributed by atoms with Gasteiger partial charge in [-0.15, -0.1) is 0 Å². The van der Waals surface area contributed by atoms with Crippen LogP contribution in [0.2, 0.25) is 0 Å². The molecule has 1 aliphatic heterocycles. The summed E-state index contributed by atoms with van der Waals surface area (Å²) in [5.74, 6) is 0.800. The number of carbonyl (C=O) groups excluding carboxylic acids is 3. The topological polar surface area (TPSA) is 213 Å². The van der Waals surface area contributed by atoms with E-state index in [0.717, 1.165) is 16.3 Å². The summed E-state index contributed by atoms with van der Waals surface area (Å²) in [4.78, 5) is 58.0. The number of nitrogens with zero attached hydrogens (tertiary/aromatic N) is 3. The molecule has 18 heteroatoms. The van der Waals surface area contributed by atoms with Gasteiger partial charge in [0, 0.05) is 86.7 Å². The highest BCUT2D eigenvalue weighted by Gasteiger charge is 2.24. The first-order valence-corrected chi connectivity index (χ1v) is 22.2. The fourth-order valence-electron chi connectivity index (χ4n) is 7.14. The molecular weight excluding hydrogens is 841 g/mol. The summed E-state index contributed by atoms with van der Waals surface area (Å²) in [7, 11) is 1.60. The van der Waals surface area contributed by atoms with Crippen molar-refractivity contribution >= 4 is 74.1 Å². The minimum Gasteiger partial charge on any atom is -0.496 e. The number of pyridine rings is 1. The zero-order valence-electron chi connectivity index (χ0n) is 36.7. The van der Waals surface area contributed by atoms with Gasteiger partial charge in [-0.3, -0.25) is 19.3 Å². The molecule has 1 fully saturated rings. The first-order chi connectivity index (χ1) is 30.6. The molecular formula is C46H54N8O9S. The van der Waals surface area contributed by atoms with Crippen molar-refractivity contribution in [2.75, 3.05) is 80.4 Å². The van der Waals surface area contributed by atoms with Gasteiger partial charge in [-0.25, -0.2) is 14.0 Å². The standard InChI is InChI=1S/C46H54N8O9S/c1-46(2,3)29-25-36(43(62-5)37(26-29)52-64(6)60)51-45(59)50-35-13-14-38(33-10-8-7-9-32(33)35)63-31-17-18-47-40(28-31)49-30-11-12-34(39(27-30)61-4)44(58)48-19-20-53-21-23-54(24-22-53)41(55)15-16-42(56)57/h7-14,17-18,25-28,52H,15-16,19-24H2,1-6H3,(H,47,49)(H,48,58)(H,56,57)(H2,50,51,59). The second kappa shape index (κ2) is 21.0. The number of rotatable bonds is 17. The van der Waals surface area contributed by atoms with Gasteiger partial charge in [-0.1, -0.05) is 45.0 Å². The molecule has 338 valence electrons. The molecule has 1 unspecified atom stereocenters. The monoisotopic (exact) mass is 894 g/mol. The van der Waals surface area contributed by atoms with Gasteiger partial charge in [0.15, 0.2) is 5.75 Å². The number of fused-ring (bicyclic) bond motifs is 1. The van der Waals surface area contributed by atoms with Crippen LogP contribution in [0.1, 0.15) is 49.5 Å². The number of nitrogens with one attached hydrogen (secondary N) is 5. The smallest absolute Gasteiger partial charge is 0.323 e. The van der Waals surface area contributed by atoms with Crippen LogP contribution < -0.4 is 40.2 Å². The van der Waals surface area contributed by atoms with Crippen LogP contribution in [0, 0.1) is 0 Å². The van der Waals surface area contributed by atoms with E-state index in [-0.39, 0.29) is 30.1 Å². The number of hydrogen-bond acceptors (Lipinski definition) is 11. The molecule has 64 heavy (non-hydrogen) atoms. The lowest BCUT2D eigenvalue weighted by Crippen LogP contribution is -2.50. The van der Waals surface area contributed by atoms with Crippen molar-refractivity contribution in [2.45, 2.75) is 39.0 Å². The van der Waals surface area contributed by atoms with Gasteiger partial charge in [-0.05, 0) is 53.4 Å². The minimum atomic E-state index is -1.38. The van der Waals surface area contributed by atoms with Crippen molar-refractivity contribution in [2.24, 2.45) is 0 Å². The van der Waals surface area contributed by atoms with Crippen LogP contribution in [-0.4, -0.2) is 108 Å². The van der Waals surface area contributed by atoms with Crippen LogP contribution in [-0.2, 0) is 26.0 Å². The number of ether oxygens (including phenoxy) is 3. The van der Waals surface area contributed by atoms with Gasteiger partial charge in [0.25, 0.3) is 5.91 Å². The Kier molecular flexibility index (Phi) is 15.3. The fourth-order valence-corrected chi connectivity index (χ4v) is 7.60. The predicted octanol–water partition coefficient (Wildman–Crippen LogP) is 7.17. The van der Waals surface area contributed by atoms with Gasteiger partial charge >= 0.3 is 12.0 Å². The summed E-state index contributed by atoms with van der Waals surface area (Å²) >= 11 is 0. The molecule has 1 aliphatic rings. The Labute approximate surface area is 374 Å². The van der Waals surface area contributed by atoms with Gasteiger partial charge < -0.3 is 50.2 Å². The second-order valence-electron chi connectivity index (χ2n) is 16.0. The Morgan fingerprint density at radius 3 is 2.22 bits per heavy atom. The zero-order chi connectivity index (χ0) is 46.0. The number of anilines is 5. The SMILES string of the molecule is COc1cc(Nc2cc(Oc3ccc(NC(=O)Nc4cc(C(C)(C)C)cc(NS(C)=O)c4OC)c4ccccc34)ccn2)ccc1C(=O)NCCN1CCN(C(=O)CCC(=O)O)CC1. The van der Waals surface area contributed by atoms with Crippen LogP contribution >= 0.6 is 0 Å². The summed E-state index contributed by atoms with van der Waals surface area (Å²) < 4.78 is 32.6. The first-order valence-electron chi connectivity index (χ1n) is 20.6. The maximum Gasteiger partial charge on any atom is 0.323 e. The molecule has 2 heterocycles. The maximum atomic E-state index is 13.5.